The highest BCUT2D eigenvalue weighted by atomic mass is 32.2. The fraction of sp³-hybridized carbons (Fsp3) is 0.700. The molecular weight excluding hydrogens is 384 g/mol. The summed E-state index contributed by atoms with van der Waals surface area (Å²) in [5.74, 6) is -0.855. The van der Waals surface area contributed by atoms with Gasteiger partial charge in [-0.1, -0.05) is 37.5 Å². The van der Waals surface area contributed by atoms with Gasteiger partial charge in [0.25, 0.3) is 0 Å². The van der Waals surface area contributed by atoms with Crippen molar-refractivity contribution in [2.75, 3.05) is 6.61 Å². The quantitative estimate of drug-likeness (QED) is 0.654. The maximum absolute atomic E-state index is 12.9. The molecule has 8 heteroatoms. The Bertz CT molecular complexity index is 759. The first-order valence-corrected chi connectivity index (χ1v) is 11.3. The van der Waals surface area contributed by atoms with Crippen LogP contribution in [0.25, 0.3) is 0 Å². The van der Waals surface area contributed by atoms with E-state index in [9.17, 15) is 13.5 Å². The second-order valence-corrected chi connectivity index (χ2v) is 9.90. The van der Waals surface area contributed by atoms with Crippen LogP contribution in [0.15, 0.2) is 29.2 Å². The summed E-state index contributed by atoms with van der Waals surface area (Å²) in [6.07, 6.45) is -0.333. The molecule has 5 atom stereocenters. The van der Waals surface area contributed by atoms with Crippen LogP contribution < -0.4 is 0 Å². The lowest BCUT2D eigenvalue weighted by Crippen LogP contribution is -2.45. The van der Waals surface area contributed by atoms with E-state index >= 15 is 0 Å². The Hall–Kier alpha value is -1.03. The first kappa shape index (κ1) is 21.7. The van der Waals surface area contributed by atoms with E-state index in [2.05, 4.69) is 6.92 Å². The summed E-state index contributed by atoms with van der Waals surface area (Å²) in [6, 6.07) is 6.35. The van der Waals surface area contributed by atoms with Crippen molar-refractivity contribution in [1.29, 1.82) is 0 Å². The zero-order chi connectivity index (χ0) is 20.5. The zero-order valence-electron chi connectivity index (χ0n) is 16.8. The minimum absolute atomic E-state index is 0.0400. The van der Waals surface area contributed by atoms with Gasteiger partial charge in [-0.2, -0.15) is 0 Å². The van der Waals surface area contributed by atoms with Gasteiger partial charge in [0.1, 0.15) is 18.3 Å². The average Bonchev–Trinajstić information content (AvgIpc) is 3.10. The van der Waals surface area contributed by atoms with Crippen molar-refractivity contribution in [2.24, 2.45) is 0 Å². The van der Waals surface area contributed by atoms with Crippen LogP contribution in [0.2, 0.25) is 0 Å². The second kappa shape index (κ2) is 8.38. The molecule has 0 spiro atoms. The molecule has 2 fully saturated rings. The number of fused-ring (bicyclic) bond motifs is 1. The van der Waals surface area contributed by atoms with E-state index in [-0.39, 0.29) is 4.90 Å². The van der Waals surface area contributed by atoms with Crippen molar-refractivity contribution in [1.82, 2.24) is 0 Å². The lowest BCUT2D eigenvalue weighted by Gasteiger charge is -2.28. The number of sulfone groups is 1. The molecule has 2 aliphatic heterocycles. The highest BCUT2D eigenvalue weighted by molar-refractivity contribution is 7.92. The molecule has 0 amide bonds. The lowest BCUT2D eigenvalue weighted by atomic mass is 10.1. The molecular formula is C20H30O7S. The summed E-state index contributed by atoms with van der Waals surface area (Å²) in [5.41, 5.74) is -0.853. The minimum Gasteiger partial charge on any atom is -0.375 e. The molecule has 0 aromatic heterocycles. The van der Waals surface area contributed by atoms with Crippen molar-refractivity contribution in [3.05, 3.63) is 29.8 Å². The predicted octanol–water partition coefficient (Wildman–Crippen LogP) is 2.54. The van der Waals surface area contributed by atoms with Crippen molar-refractivity contribution >= 4 is 9.84 Å². The van der Waals surface area contributed by atoms with Crippen molar-refractivity contribution in [3.8, 4) is 0 Å². The van der Waals surface area contributed by atoms with Gasteiger partial charge in [-0.05, 0) is 39.3 Å². The van der Waals surface area contributed by atoms with Gasteiger partial charge in [-0.25, -0.2) is 8.42 Å². The number of aliphatic hydroxyl groups excluding tert-OH is 1. The van der Waals surface area contributed by atoms with E-state index in [1.165, 1.54) is 12.1 Å². The summed E-state index contributed by atoms with van der Waals surface area (Å²) in [6.45, 7) is 7.91. The highest BCUT2D eigenvalue weighted by Gasteiger charge is 2.58. The van der Waals surface area contributed by atoms with Crippen LogP contribution in [0.3, 0.4) is 0 Å². The number of unbranched alkanes of at least 4 members (excludes halogenated alkanes) is 2. The Morgan fingerprint density at radius 1 is 1.18 bits per heavy atom. The van der Waals surface area contributed by atoms with Crippen LogP contribution in [0, 0.1) is 6.92 Å². The van der Waals surface area contributed by atoms with E-state index in [1.807, 2.05) is 6.92 Å². The van der Waals surface area contributed by atoms with Crippen LogP contribution in [-0.4, -0.2) is 56.0 Å². The van der Waals surface area contributed by atoms with Crippen LogP contribution >= 0.6 is 0 Å². The molecule has 0 saturated carbocycles. The lowest BCUT2D eigenvalue weighted by molar-refractivity contribution is -0.224. The summed E-state index contributed by atoms with van der Waals surface area (Å²) >= 11 is 0. The Balaban J connectivity index is 1.80. The highest BCUT2D eigenvalue weighted by Crippen LogP contribution is 2.41. The maximum Gasteiger partial charge on any atom is 0.207 e. The standard InChI is InChI=1S/C20H30O7S/c1-5-6-7-12-24-15-16(25-19-17(15)26-20(3,4)27-19)18(21)28(22,23)14-10-8-13(2)9-11-14/h8-11,15-19,21H,5-7,12H2,1-4H3/t15-,16-,17+,18?,19+/m0/s1. The third kappa shape index (κ3) is 4.42. The van der Waals surface area contributed by atoms with Crippen LogP contribution in [-0.2, 0) is 28.8 Å². The fourth-order valence-corrected chi connectivity index (χ4v) is 4.91. The number of hydrogen-bond acceptors (Lipinski definition) is 7. The van der Waals surface area contributed by atoms with Crippen LogP contribution in [0.5, 0.6) is 0 Å². The smallest absolute Gasteiger partial charge is 0.207 e. The van der Waals surface area contributed by atoms with Crippen molar-refractivity contribution in [2.45, 2.75) is 87.7 Å². The molecule has 3 rings (SSSR count). The molecule has 1 aromatic rings. The molecule has 0 aliphatic carbocycles. The number of aliphatic hydroxyl groups is 1. The molecule has 28 heavy (non-hydrogen) atoms. The molecule has 1 unspecified atom stereocenters. The van der Waals surface area contributed by atoms with Gasteiger partial charge in [0, 0.05) is 6.61 Å². The topological polar surface area (TPSA) is 91.3 Å². The Morgan fingerprint density at radius 2 is 1.86 bits per heavy atom. The van der Waals surface area contributed by atoms with Crippen LogP contribution in [0.1, 0.15) is 45.6 Å². The number of ether oxygens (including phenoxy) is 4. The van der Waals surface area contributed by atoms with E-state index in [1.54, 1.807) is 26.0 Å². The van der Waals surface area contributed by atoms with Gasteiger partial charge in [0.05, 0.1) is 4.90 Å². The Morgan fingerprint density at radius 3 is 2.50 bits per heavy atom. The molecule has 1 aromatic carbocycles. The summed E-state index contributed by atoms with van der Waals surface area (Å²) in [5, 5.41) is 10.8. The second-order valence-electron chi connectivity index (χ2n) is 7.86. The normalized spacial score (nSPS) is 30.3. The largest absolute Gasteiger partial charge is 0.375 e. The van der Waals surface area contributed by atoms with Crippen molar-refractivity contribution in [3.63, 3.8) is 0 Å². The Labute approximate surface area is 166 Å². The van der Waals surface area contributed by atoms with Gasteiger partial charge in [-0.3, -0.25) is 0 Å². The zero-order valence-corrected chi connectivity index (χ0v) is 17.6. The molecule has 0 bridgehead atoms. The molecule has 0 radical (unpaired) electrons. The van der Waals surface area contributed by atoms with Gasteiger partial charge < -0.3 is 24.1 Å². The number of benzene rings is 1. The molecule has 2 heterocycles. The average molecular weight is 415 g/mol. The van der Waals surface area contributed by atoms with Crippen molar-refractivity contribution < 1.29 is 32.5 Å². The van der Waals surface area contributed by atoms with E-state index in [0.717, 1.165) is 24.8 Å². The van der Waals surface area contributed by atoms with Gasteiger partial charge in [-0.15, -0.1) is 0 Å². The molecule has 2 aliphatic rings. The van der Waals surface area contributed by atoms with Gasteiger partial charge in [0.2, 0.25) is 9.84 Å². The SMILES string of the molecule is CCCCCO[C@@H]1[C@H]2OC(C)(C)O[C@H]2O[C@@H]1C(O)S(=O)(=O)c1ccc(C)cc1. The summed E-state index contributed by atoms with van der Waals surface area (Å²) < 4.78 is 49.2. The van der Waals surface area contributed by atoms with E-state index < -0.39 is 45.7 Å². The Kier molecular flexibility index (Phi) is 6.48. The summed E-state index contributed by atoms with van der Waals surface area (Å²) in [4.78, 5) is 0.0400. The third-order valence-electron chi connectivity index (χ3n) is 5.03. The molecule has 158 valence electrons. The number of hydrogen-bond donors (Lipinski definition) is 1. The first-order valence-electron chi connectivity index (χ1n) is 9.77. The van der Waals surface area contributed by atoms with E-state index in [4.69, 9.17) is 18.9 Å². The van der Waals surface area contributed by atoms with E-state index in [0.29, 0.717) is 6.61 Å². The van der Waals surface area contributed by atoms with Crippen LogP contribution in [0.4, 0.5) is 0 Å². The fourth-order valence-electron chi connectivity index (χ4n) is 3.54. The third-order valence-corrected chi connectivity index (χ3v) is 6.87. The molecule has 7 nitrogen and oxygen atoms in total. The number of aryl methyl sites for hydroxylation is 1. The monoisotopic (exact) mass is 414 g/mol. The minimum atomic E-state index is -4.03. The molecule has 1 N–H and O–H groups in total. The van der Waals surface area contributed by atoms with Gasteiger partial charge in [0.15, 0.2) is 17.5 Å². The van der Waals surface area contributed by atoms with Gasteiger partial charge >= 0.3 is 0 Å². The number of rotatable bonds is 8. The first-order chi connectivity index (χ1) is 13.2. The predicted molar refractivity (Wildman–Crippen MR) is 102 cm³/mol. The maximum atomic E-state index is 12.9. The summed E-state index contributed by atoms with van der Waals surface area (Å²) in [7, 11) is -4.03. The molecule has 2 saturated heterocycles.